The summed E-state index contributed by atoms with van der Waals surface area (Å²) < 4.78 is 5.43. The fourth-order valence-electron chi connectivity index (χ4n) is 1.57. The molecule has 0 aliphatic carbocycles. The Morgan fingerprint density at radius 2 is 2.35 bits per heavy atom. The monoisotopic (exact) mass is 242 g/mol. The third-order valence-corrected chi connectivity index (χ3v) is 2.63. The minimum atomic E-state index is 0.0735. The summed E-state index contributed by atoms with van der Waals surface area (Å²) in [6, 6.07) is 0. The van der Waals surface area contributed by atoms with Crippen LogP contribution in [-0.2, 0) is 9.53 Å². The zero-order chi connectivity index (χ0) is 12.7. The van der Waals surface area contributed by atoms with E-state index in [4.69, 9.17) is 10.5 Å². The van der Waals surface area contributed by atoms with E-state index in [9.17, 15) is 4.79 Å². The summed E-state index contributed by atoms with van der Waals surface area (Å²) in [7, 11) is 3.47. The number of hydrogen-bond acceptors (Lipinski definition) is 3. The van der Waals surface area contributed by atoms with Crippen molar-refractivity contribution < 1.29 is 9.53 Å². The number of amides is 1. The molecule has 1 fully saturated rings. The number of carbonyl (C=O) groups is 1. The Balaban J connectivity index is 2.13. The summed E-state index contributed by atoms with van der Waals surface area (Å²) in [6.07, 6.45) is 2.78. The third kappa shape index (κ3) is 5.53. The normalized spacial score (nSPS) is 20.4. The lowest BCUT2D eigenvalue weighted by Crippen LogP contribution is -2.35. The van der Waals surface area contributed by atoms with Gasteiger partial charge in [0.25, 0.3) is 0 Å². The predicted molar refractivity (Wildman–Crippen MR) is 66.8 cm³/mol. The van der Waals surface area contributed by atoms with Crippen LogP contribution < -0.4 is 11.1 Å². The Labute approximate surface area is 102 Å². The zero-order valence-corrected chi connectivity index (χ0v) is 10.6. The summed E-state index contributed by atoms with van der Waals surface area (Å²) in [4.78, 5) is 17.0. The van der Waals surface area contributed by atoms with Crippen molar-refractivity contribution in [3.8, 4) is 0 Å². The molecule has 1 atom stereocenters. The molecule has 1 aliphatic heterocycles. The van der Waals surface area contributed by atoms with Crippen molar-refractivity contribution in [1.29, 1.82) is 0 Å². The molecule has 0 radical (unpaired) electrons. The van der Waals surface area contributed by atoms with Gasteiger partial charge in [0.05, 0.1) is 12.6 Å². The summed E-state index contributed by atoms with van der Waals surface area (Å²) in [6.45, 7) is 1.93. The van der Waals surface area contributed by atoms with Gasteiger partial charge in [-0.1, -0.05) is 0 Å². The maximum Gasteiger partial charge on any atom is 0.223 e. The first-order valence-electron chi connectivity index (χ1n) is 5.95. The van der Waals surface area contributed by atoms with Crippen molar-refractivity contribution in [3.63, 3.8) is 0 Å². The number of aliphatic imine (C=N–C) groups is 1. The van der Waals surface area contributed by atoms with Gasteiger partial charge >= 0.3 is 0 Å². The van der Waals surface area contributed by atoms with Crippen LogP contribution in [-0.4, -0.2) is 56.7 Å². The molecule has 0 saturated carbocycles. The van der Waals surface area contributed by atoms with Crippen LogP contribution in [0.3, 0.4) is 0 Å². The van der Waals surface area contributed by atoms with Gasteiger partial charge in [0.15, 0.2) is 5.96 Å². The van der Waals surface area contributed by atoms with Crippen molar-refractivity contribution in [2.45, 2.75) is 25.4 Å². The van der Waals surface area contributed by atoms with E-state index in [2.05, 4.69) is 10.3 Å². The van der Waals surface area contributed by atoms with Gasteiger partial charge in [-0.2, -0.15) is 0 Å². The summed E-state index contributed by atoms with van der Waals surface area (Å²) >= 11 is 0. The van der Waals surface area contributed by atoms with Crippen LogP contribution in [0, 0.1) is 0 Å². The van der Waals surface area contributed by atoms with E-state index in [0.717, 1.165) is 19.4 Å². The predicted octanol–water partition coefficient (Wildman–Crippen LogP) is -0.452. The van der Waals surface area contributed by atoms with Gasteiger partial charge in [0, 0.05) is 33.7 Å². The Morgan fingerprint density at radius 3 is 2.94 bits per heavy atom. The Hall–Kier alpha value is -1.30. The molecular formula is C11H22N4O2. The molecule has 1 aliphatic rings. The molecule has 6 nitrogen and oxygen atoms in total. The summed E-state index contributed by atoms with van der Waals surface area (Å²) in [5, 5.41) is 2.92. The molecule has 1 heterocycles. The number of nitrogens with zero attached hydrogens (tertiary/aromatic N) is 2. The van der Waals surface area contributed by atoms with E-state index in [0.29, 0.717) is 25.5 Å². The molecule has 1 unspecified atom stereocenters. The number of rotatable bonds is 5. The quantitative estimate of drug-likeness (QED) is 0.505. The lowest BCUT2D eigenvalue weighted by molar-refractivity contribution is -0.128. The maximum atomic E-state index is 11.3. The van der Waals surface area contributed by atoms with Crippen molar-refractivity contribution in [2.24, 2.45) is 10.7 Å². The molecule has 6 heteroatoms. The van der Waals surface area contributed by atoms with Gasteiger partial charge in [-0.15, -0.1) is 0 Å². The molecule has 0 aromatic heterocycles. The summed E-state index contributed by atoms with van der Waals surface area (Å²) in [5.41, 5.74) is 5.67. The van der Waals surface area contributed by atoms with E-state index in [1.165, 1.54) is 0 Å². The van der Waals surface area contributed by atoms with E-state index in [-0.39, 0.29) is 12.0 Å². The van der Waals surface area contributed by atoms with Gasteiger partial charge < -0.3 is 20.7 Å². The van der Waals surface area contributed by atoms with Gasteiger partial charge in [-0.3, -0.25) is 9.79 Å². The molecule has 1 amide bonds. The molecule has 1 rings (SSSR count). The standard InChI is InChI=1S/C11H22N4O2/c1-15(2)10(16)5-6-13-11(12)14-8-9-4-3-7-17-9/h9H,3-8H2,1-2H3,(H3,12,13,14). The van der Waals surface area contributed by atoms with E-state index in [1.807, 2.05) is 0 Å². The number of nitrogens with one attached hydrogen (secondary N) is 1. The van der Waals surface area contributed by atoms with E-state index < -0.39 is 0 Å². The first kappa shape index (κ1) is 13.8. The molecule has 3 N–H and O–H groups in total. The van der Waals surface area contributed by atoms with Crippen LogP contribution in [0.5, 0.6) is 0 Å². The van der Waals surface area contributed by atoms with Crippen LogP contribution in [0.2, 0.25) is 0 Å². The van der Waals surface area contributed by atoms with Crippen molar-refractivity contribution in [2.75, 3.05) is 33.8 Å². The first-order chi connectivity index (χ1) is 8.09. The van der Waals surface area contributed by atoms with Crippen LogP contribution in [0.25, 0.3) is 0 Å². The second kappa shape index (κ2) is 7.11. The SMILES string of the molecule is CN(C)C(=O)CCNC(N)=NCC1CCCO1. The third-order valence-electron chi connectivity index (χ3n) is 2.63. The topological polar surface area (TPSA) is 80.0 Å². The number of hydrogen-bond donors (Lipinski definition) is 2. The largest absolute Gasteiger partial charge is 0.376 e. The van der Waals surface area contributed by atoms with Crippen LogP contribution in [0.4, 0.5) is 0 Å². The maximum absolute atomic E-state index is 11.3. The Bertz CT molecular complexity index is 273. The highest BCUT2D eigenvalue weighted by atomic mass is 16.5. The Kier molecular flexibility index (Phi) is 5.76. The van der Waals surface area contributed by atoms with Crippen molar-refractivity contribution >= 4 is 11.9 Å². The van der Waals surface area contributed by atoms with Crippen LogP contribution in [0.1, 0.15) is 19.3 Å². The van der Waals surface area contributed by atoms with E-state index in [1.54, 1.807) is 19.0 Å². The molecule has 0 bridgehead atoms. The van der Waals surface area contributed by atoms with Crippen LogP contribution >= 0.6 is 0 Å². The smallest absolute Gasteiger partial charge is 0.223 e. The highest BCUT2D eigenvalue weighted by Gasteiger charge is 2.14. The van der Waals surface area contributed by atoms with Gasteiger partial charge in [-0.05, 0) is 12.8 Å². The van der Waals surface area contributed by atoms with Gasteiger partial charge in [-0.25, -0.2) is 0 Å². The average molecular weight is 242 g/mol. The fraction of sp³-hybridized carbons (Fsp3) is 0.818. The fourth-order valence-corrected chi connectivity index (χ4v) is 1.57. The number of ether oxygens (including phenoxy) is 1. The number of guanidine groups is 1. The Morgan fingerprint density at radius 1 is 1.59 bits per heavy atom. The molecule has 1 saturated heterocycles. The second-order valence-corrected chi connectivity index (χ2v) is 4.33. The summed E-state index contributed by atoms with van der Waals surface area (Å²) in [5.74, 6) is 0.455. The van der Waals surface area contributed by atoms with Crippen molar-refractivity contribution in [1.82, 2.24) is 10.2 Å². The average Bonchev–Trinajstić information content (AvgIpc) is 2.78. The molecular weight excluding hydrogens is 220 g/mol. The van der Waals surface area contributed by atoms with Crippen molar-refractivity contribution in [3.05, 3.63) is 0 Å². The molecule has 17 heavy (non-hydrogen) atoms. The van der Waals surface area contributed by atoms with E-state index >= 15 is 0 Å². The lowest BCUT2D eigenvalue weighted by Gasteiger charge is -2.11. The first-order valence-corrected chi connectivity index (χ1v) is 5.95. The van der Waals surface area contributed by atoms with Gasteiger partial charge in [0.1, 0.15) is 0 Å². The zero-order valence-electron chi connectivity index (χ0n) is 10.6. The number of carbonyl (C=O) groups excluding carboxylic acids is 1. The minimum Gasteiger partial charge on any atom is -0.376 e. The highest BCUT2D eigenvalue weighted by Crippen LogP contribution is 2.11. The second-order valence-electron chi connectivity index (χ2n) is 4.33. The van der Waals surface area contributed by atoms with Crippen LogP contribution in [0.15, 0.2) is 4.99 Å². The number of nitrogens with two attached hydrogens (primary N) is 1. The van der Waals surface area contributed by atoms with Gasteiger partial charge in [0.2, 0.25) is 5.91 Å². The molecule has 0 spiro atoms. The molecule has 0 aromatic carbocycles. The minimum absolute atomic E-state index is 0.0735. The lowest BCUT2D eigenvalue weighted by atomic mass is 10.2. The molecule has 98 valence electrons. The molecule has 0 aromatic rings. The highest BCUT2D eigenvalue weighted by molar-refractivity contribution is 5.79.